The molecule has 0 aromatic carbocycles. The Morgan fingerprint density at radius 2 is 2.22 bits per heavy atom. The van der Waals surface area contributed by atoms with E-state index < -0.39 is 5.97 Å². The fraction of sp³-hybridized carbons (Fsp3) is 0.688. The number of amides is 2. The van der Waals surface area contributed by atoms with E-state index in [4.69, 9.17) is 0 Å². The van der Waals surface area contributed by atoms with Crippen LogP contribution in [0.25, 0.3) is 0 Å². The summed E-state index contributed by atoms with van der Waals surface area (Å²) in [5.41, 5.74) is 0.643. The molecule has 2 rings (SSSR count). The highest BCUT2D eigenvalue weighted by atomic mass is 16.4. The molecule has 1 heterocycles. The van der Waals surface area contributed by atoms with Crippen LogP contribution in [0.5, 0.6) is 0 Å². The minimum atomic E-state index is -0.754. The number of nitrogens with one attached hydrogen (secondary N) is 2. The molecule has 1 unspecified atom stereocenters. The average molecular weight is 322 g/mol. The minimum absolute atomic E-state index is 0.0725. The highest BCUT2D eigenvalue weighted by Crippen LogP contribution is 2.52. The lowest BCUT2D eigenvalue weighted by Gasteiger charge is -2.52. The van der Waals surface area contributed by atoms with E-state index in [1.807, 2.05) is 38.4 Å². The molecule has 7 heteroatoms. The number of carboxylic acid groups (broad SMARTS) is 1. The summed E-state index contributed by atoms with van der Waals surface area (Å²) in [5, 5.41) is 19.1. The number of hydrogen-bond donors (Lipinski definition) is 3. The molecule has 23 heavy (non-hydrogen) atoms. The van der Waals surface area contributed by atoms with Gasteiger partial charge in [-0.2, -0.15) is 5.10 Å². The molecule has 1 aromatic heterocycles. The van der Waals surface area contributed by atoms with Crippen LogP contribution in [0.2, 0.25) is 0 Å². The fourth-order valence-corrected chi connectivity index (χ4v) is 3.55. The molecule has 1 aliphatic carbocycles. The molecular formula is C16H26N4O3. The number of aromatic nitrogens is 2. The molecule has 3 N–H and O–H groups in total. The predicted octanol–water partition coefficient (Wildman–Crippen LogP) is 1.84. The Hall–Kier alpha value is -2.05. The first-order valence-corrected chi connectivity index (χ1v) is 8.05. The largest absolute Gasteiger partial charge is 0.481 e. The van der Waals surface area contributed by atoms with Crippen molar-refractivity contribution in [1.29, 1.82) is 0 Å². The second-order valence-corrected chi connectivity index (χ2v) is 6.81. The summed E-state index contributed by atoms with van der Waals surface area (Å²) >= 11 is 0. The maximum absolute atomic E-state index is 12.1. The summed E-state index contributed by atoms with van der Waals surface area (Å²) in [7, 11) is 0. The van der Waals surface area contributed by atoms with Gasteiger partial charge in [-0.15, -0.1) is 0 Å². The topological polar surface area (TPSA) is 96.3 Å². The van der Waals surface area contributed by atoms with Crippen LogP contribution in [0, 0.1) is 17.3 Å². The summed E-state index contributed by atoms with van der Waals surface area (Å²) in [5.74, 6) is -0.926. The van der Waals surface area contributed by atoms with Gasteiger partial charge in [0.2, 0.25) is 0 Å². The molecule has 0 spiro atoms. The summed E-state index contributed by atoms with van der Waals surface area (Å²) in [4.78, 5) is 23.2. The Balaban J connectivity index is 1.83. The van der Waals surface area contributed by atoms with E-state index in [0.29, 0.717) is 13.0 Å². The lowest BCUT2D eigenvalue weighted by Crippen LogP contribution is -2.57. The molecule has 1 aliphatic rings. The van der Waals surface area contributed by atoms with Crippen molar-refractivity contribution in [1.82, 2.24) is 20.4 Å². The molecule has 1 aromatic rings. The van der Waals surface area contributed by atoms with Gasteiger partial charge in [-0.3, -0.25) is 9.48 Å². The summed E-state index contributed by atoms with van der Waals surface area (Å²) < 4.78 is 1.83. The normalized spacial score (nSPS) is 23.7. The molecule has 2 amide bonds. The maximum Gasteiger partial charge on any atom is 0.315 e. The summed E-state index contributed by atoms with van der Waals surface area (Å²) in [6.45, 7) is 9.01. The third kappa shape index (κ3) is 3.48. The van der Waals surface area contributed by atoms with Crippen molar-refractivity contribution in [3.8, 4) is 0 Å². The number of carbonyl (C=O) groups is 2. The van der Waals surface area contributed by atoms with Crippen LogP contribution < -0.4 is 10.6 Å². The second-order valence-electron chi connectivity index (χ2n) is 6.81. The van der Waals surface area contributed by atoms with Gasteiger partial charge < -0.3 is 15.7 Å². The van der Waals surface area contributed by atoms with Gasteiger partial charge in [-0.1, -0.05) is 13.8 Å². The standard InChI is InChI=1S/C16H26N4O3/c1-5-20-11(6-7-18-20)9-17-15(23)19-10(2)12-8-13(14(21)22)16(12,3)4/h6-7,10,12-13H,5,8-9H2,1-4H3,(H,21,22)(H2,17,19,23)/t10?,12-,13+/m0/s1. The highest BCUT2D eigenvalue weighted by molar-refractivity contribution is 5.75. The van der Waals surface area contributed by atoms with Crippen LogP contribution >= 0.6 is 0 Å². The molecule has 7 nitrogen and oxygen atoms in total. The van der Waals surface area contributed by atoms with Crippen molar-refractivity contribution in [3.05, 3.63) is 18.0 Å². The van der Waals surface area contributed by atoms with Crippen molar-refractivity contribution in [2.75, 3.05) is 0 Å². The number of aliphatic carboxylic acids is 1. The molecule has 3 atom stereocenters. The maximum atomic E-state index is 12.1. The van der Waals surface area contributed by atoms with Gasteiger partial charge >= 0.3 is 12.0 Å². The molecule has 0 radical (unpaired) electrons. The first kappa shape index (κ1) is 17.3. The van der Waals surface area contributed by atoms with Crippen molar-refractivity contribution < 1.29 is 14.7 Å². The molecule has 0 bridgehead atoms. The number of rotatable bonds is 6. The van der Waals surface area contributed by atoms with Gasteiger partial charge in [0.25, 0.3) is 0 Å². The third-order valence-electron chi connectivity index (χ3n) is 5.14. The Bertz CT molecular complexity index is 582. The number of carboxylic acids is 1. The van der Waals surface area contributed by atoms with Crippen LogP contribution in [0.1, 0.15) is 39.8 Å². The fourth-order valence-electron chi connectivity index (χ4n) is 3.55. The lowest BCUT2D eigenvalue weighted by atomic mass is 9.53. The third-order valence-corrected chi connectivity index (χ3v) is 5.14. The van der Waals surface area contributed by atoms with Crippen molar-refractivity contribution in [2.24, 2.45) is 17.3 Å². The van der Waals surface area contributed by atoms with Crippen molar-refractivity contribution >= 4 is 12.0 Å². The highest BCUT2D eigenvalue weighted by Gasteiger charge is 2.53. The number of nitrogens with zero attached hydrogens (tertiary/aromatic N) is 2. The van der Waals surface area contributed by atoms with Crippen molar-refractivity contribution in [2.45, 2.75) is 53.2 Å². The first-order valence-electron chi connectivity index (χ1n) is 8.05. The van der Waals surface area contributed by atoms with E-state index in [0.717, 1.165) is 12.2 Å². The zero-order valence-electron chi connectivity index (χ0n) is 14.2. The van der Waals surface area contributed by atoms with Gasteiger partial charge in [-0.05, 0) is 37.7 Å². The zero-order chi connectivity index (χ0) is 17.2. The van der Waals surface area contributed by atoms with Gasteiger partial charge in [0.05, 0.1) is 18.2 Å². The van der Waals surface area contributed by atoms with Gasteiger partial charge in [0.1, 0.15) is 0 Å². The Labute approximate surface area is 136 Å². The Morgan fingerprint density at radius 1 is 1.52 bits per heavy atom. The SMILES string of the molecule is CCn1nccc1CNC(=O)NC(C)[C@@H]1C[C@H](C(=O)O)C1(C)C. The second kappa shape index (κ2) is 6.60. The summed E-state index contributed by atoms with van der Waals surface area (Å²) in [6, 6.07) is 1.56. The Morgan fingerprint density at radius 3 is 2.78 bits per heavy atom. The smallest absolute Gasteiger partial charge is 0.315 e. The molecule has 0 saturated heterocycles. The van der Waals surface area contributed by atoms with E-state index in [9.17, 15) is 14.7 Å². The Kier molecular flexibility index (Phi) is 4.97. The van der Waals surface area contributed by atoms with Crippen LogP contribution in [-0.4, -0.2) is 32.9 Å². The molecule has 1 saturated carbocycles. The molecule has 128 valence electrons. The van der Waals surface area contributed by atoms with Gasteiger partial charge in [0, 0.05) is 18.8 Å². The number of aryl methyl sites for hydroxylation is 1. The first-order chi connectivity index (χ1) is 10.8. The van der Waals surface area contributed by atoms with E-state index in [1.54, 1.807) is 6.20 Å². The molecule has 0 aliphatic heterocycles. The predicted molar refractivity (Wildman–Crippen MR) is 85.7 cm³/mol. The van der Waals surface area contributed by atoms with E-state index in [1.165, 1.54) is 0 Å². The number of carbonyl (C=O) groups excluding carboxylic acids is 1. The minimum Gasteiger partial charge on any atom is -0.481 e. The van der Waals surface area contributed by atoms with E-state index in [2.05, 4.69) is 15.7 Å². The van der Waals surface area contributed by atoms with E-state index in [-0.39, 0.29) is 29.3 Å². The summed E-state index contributed by atoms with van der Waals surface area (Å²) in [6.07, 6.45) is 2.32. The monoisotopic (exact) mass is 322 g/mol. The molecule has 1 fully saturated rings. The van der Waals surface area contributed by atoms with Crippen LogP contribution in [-0.2, 0) is 17.9 Å². The zero-order valence-corrected chi connectivity index (χ0v) is 14.2. The molecular weight excluding hydrogens is 296 g/mol. The number of urea groups is 1. The van der Waals surface area contributed by atoms with Crippen molar-refractivity contribution in [3.63, 3.8) is 0 Å². The lowest BCUT2D eigenvalue weighted by molar-refractivity contribution is -0.160. The number of hydrogen-bond acceptors (Lipinski definition) is 3. The van der Waals surface area contributed by atoms with Crippen LogP contribution in [0.3, 0.4) is 0 Å². The van der Waals surface area contributed by atoms with E-state index >= 15 is 0 Å². The average Bonchev–Trinajstić information content (AvgIpc) is 2.90. The van der Waals surface area contributed by atoms with Gasteiger partial charge in [0.15, 0.2) is 0 Å². The van der Waals surface area contributed by atoms with Gasteiger partial charge in [-0.25, -0.2) is 4.79 Å². The van der Waals surface area contributed by atoms with Crippen LogP contribution in [0.4, 0.5) is 4.79 Å². The quantitative estimate of drug-likeness (QED) is 0.744. The van der Waals surface area contributed by atoms with Crippen LogP contribution in [0.15, 0.2) is 12.3 Å².